The van der Waals surface area contributed by atoms with Gasteiger partial charge in [0.1, 0.15) is 17.1 Å². The van der Waals surface area contributed by atoms with Crippen LogP contribution < -0.4 is 9.05 Å². The molecule has 0 heterocycles. The number of hydrogen-bond acceptors (Lipinski definition) is 4. The molecule has 0 spiro atoms. The Kier molecular flexibility index (Phi) is 5.59. The Morgan fingerprint density at radius 1 is 0.852 bits per heavy atom. The molecule has 2 atom stereocenters. The summed E-state index contributed by atoms with van der Waals surface area (Å²) < 4.78 is 31.2. The van der Waals surface area contributed by atoms with Crippen LogP contribution in [-0.4, -0.2) is 5.60 Å². The van der Waals surface area contributed by atoms with Crippen LogP contribution in [0, 0.1) is 19.8 Å². The molecule has 3 rings (SSSR count). The molecule has 0 bridgehead atoms. The maximum absolute atomic E-state index is 13.6. The van der Waals surface area contributed by atoms with Gasteiger partial charge in [-0.2, -0.15) is 0 Å². The number of allylic oxidation sites excluding steroid dienone is 2. The number of rotatable bonds is 6. The Hall–Kier alpha value is -2.29. The van der Waals surface area contributed by atoms with Crippen LogP contribution in [0.15, 0.2) is 72.8 Å². The Morgan fingerprint density at radius 3 is 1.78 bits per heavy atom. The van der Waals surface area contributed by atoms with Crippen LogP contribution in [0.2, 0.25) is 0 Å². The van der Waals surface area contributed by atoms with Gasteiger partial charge in [0.05, 0.1) is 0 Å². The van der Waals surface area contributed by atoms with Crippen molar-refractivity contribution in [1.29, 1.82) is 0 Å². The van der Waals surface area contributed by atoms with Gasteiger partial charge in [0.2, 0.25) is 0 Å². The monoisotopic (exact) mass is 384 g/mol. The van der Waals surface area contributed by atoms with Gasteiger partial charge < -0.3 is 9.05 Å². The van der Waals surface area contributed by atoms with Crippen molar-refractivity contribution in [2.24, 2.45) is 5.92 Å². The first-order valence-electron chi connectivity index (χ1n) is 8.97. The number of benzene rings is 2. The zero-order chi connectivity index (χ0) is 19.5. The second-order valence-corrected chi connectivity index (χ2v) is 8.51. The minimum absolute atomic E-state index is 0.0130. The molecule has 2 aromatic rings. The molecule has 27 heavy (non-hydrogen) atoms. The van der Waals surface area contributed by atoms with E-state index < -0.39 is 13.4 Å². The summed E-state index contributed by atoms with van der Waals surface area (Å²) in [5.74, 6) is 0.879. The van der Waals surface area contributed by atoms with Crippen molar-refractivity contribution in [3.63, 3.8) is 0 Å². The zero-order valence-electron chi connectivity index (χ0n) is 16.1. The Labute approximate surface area is 161 Å². The van der Waals surface area contributed by atoms with Crippen LogP contribution in [0.25, 0.3) is 0 Å². The summed E-state index contributed by atoms with van der Waals surface area (Å²) in [4.78, 5) is 0. The minimum Gasteiger partial charge on any atom is -0.395 e. The molecule has 0 saturated carbocycles. The van der Waals surface area contributed by atoms with E-state index >= 15 is 0 Å². The molecule has 0 radical (unpaired) electrons. The first-order valence-corrected chi connectivity index (χ1v) is 10.4. The predicted octanol–water partition coefficient (Wildman–Crippen LogP) is 6.41. The lowest BCUT2D eigenvalue weighted by molar-refractivity contribution is 0.0658. The molecule has 0 fully saturated rings. The van der Waals surface area contributed by atoms with Gasteiger partial charge >= 0.3 is 7.82 Å². The average molecular weight is 384 g/mol. The van der Waals surface area contributed by atoms with E-state index in [0.29, 0.717) is 11.5 Å². The van der Waals surface area contributed by atoms with Gasteiger partial charge in [0.15, 0.2) is 0 Å². The highest BCUT2D eigenvalue weighted by atomic mass is 31.2. The smallest absolute Gasteiger partial charge is 0.395 e. The van der Waals surface area contributed by atoms with Gasteiger partial charge in [-0.1, -0.05) is 66.6 Å². The number of hydrogen-bond donors (Lipinski definition) is 0. The minimum atomic E-state index is -3.95. The standard InChI is InChI=1S/C22H25O4P/c1-17-8-12-20(13-9-17)24-27(23,25-21-14-10-18(2)11-15-21)26-22(4)16-6-5-7-19(22)3/h5-16,19H,1-4H3. The first kappa shape index (κ1) is 19.5. The quantitative estimate of drug-likeness (QED) is 0.540. The molecule has 142 valence electrons. The first-order chi connectivity index (χ1) is 12.8. The molecule has 4 nitrogen and oxygen atoms in total. The molecule has 0 amide bonds. The van der Waals surface area contributed by atoms with E-state index in [2.05, 4.69) is 0 Å². The summed E-state index contributed by atoms with van der Waals surface area (Å²) in [7, 11) is -3.95. The van der Waals surface area contributed by atoms with E-state index in [1.54, 1.807) is 24.3 Å². The largest absolute Gasteiger partial charge is 0.588 e. The molecule has 2 aromatic carbocycles. The second kappa shape index (κ2) is 7.75. The fourth-order valence-corrected chi connectivity index (χ4v) is 4.27. The summed E-state index contributed by atoms with van der Waals surface area (Å²) >= 11 is 0. The van der Waals surface area contributed by atoms with E-state index in [-0.39, 0.29) is 5.92 Å². The van der Waals surface area contributed by atoms with E-state index in [4.69, 9.17) is 13.6 Å². The summed E-state index contributed by atoms with van der Waals surface area (Å²) in [5, 5.41) is 0. The lowest BCUT2D eigenvalue weighted by Crippen LogP contribution is -2.34. The molecule has 0 saturated heterocycles. The maximum Gasteiger partial charge on any atom is 0.588 e. The number of aryl methyl sites for hydroxylation is 2. The molecule has 0 aromatic heterocycles. The van der Waals surface area contributed by atoms with E-state index in [1.165, 1.54) is 0 Å². The summed E-state index contributed by atoms with van der Waals surface area (Å²) in [6, 6.07) is 14.6. The van der Waals surface area contributed by atoms with Gasteiger partial charge in [-0.25, -0.2) is 4.57 Å². The molecule has 0 aliphatic heterocycles. The third-order valence-corrected chi connectivity index (χ3v) is 6.11. The van der Waals surface area contributed by atoms with Crippen molar-refractivity contribution in [3.8, 4) is 11.5 Å². The topological polar surface area (TPSA) is 44.8 Å². The highest BCUT2D eigenvalue weighted by Crippen LogP contribution is 2.54. The van der Waals surface area contributed by atoms with E-state index in [1.807, 2.05) is 76.3 Å². The molecule has 1 aliphatic carbocycles. The van der Waals surface area contributed by atoms with Gasteiger partial charge in [0.25, 0.3) is 0 Å². The Morgan fingerprint density at radius 2 is 1.33 bits per heavy atom. The van der Waals surface area contributed by atoms with E-state index in [0.717, 1.165) is 11.1 Å². The third kappa shape index (κ3) is 4.91. The Bertz CT molecular complexity index is 832. The van der Waals surface area contributed by atoms with Gasteiger partial charge in [-0.3, -0.25) is 4.52 Å². The van der Waals surface area contributed by atoms with Crippen LogP contribution in [-0.2, 0) is 9.09 Å². The van der Waals surface area contributed by atoms with Crippen LogP contribution >= 0.6 is 7.82 Å². The molecule has 2 unspecified atom stereocenters. The number of phosphoric acid groups is 1. The van der Waals surface area contributed by atoms with E-state index in [9.17, 15) is 4.57 Å². The van der Waals surface area contributed by atoms with Crippen molar-refractivity contribution in [2.75, 3.05) is 0 Å². The van der Waals surface area contributed by atoms with Gasteiger partial charge in [-0.05, 0) is 45.0 Å². The van der Waals surface area contributed by atoms with Crippen LogP contribution in [0.3, 0.4) is 0 Å². The summed E-state index contributed by atoms with van der Waals surface area (Å²) in [6.07, 6.45) is 7.70. The molecule has 5 heteroatoms. The third-order valence-electron chi connectivity index (χ3n) is 4.63. The van der Waals surface area contributed by atoms with Crippen LogP contribution in [0.1, 0.15) is 25.0 Å². The number of phosphoric ester groups is 1. The normalized spacial score (nSPS) is 21.9. The average Bonchev–Trinajstić information content (AvgIpc) is 2.62. The van der Waals surface area contributed by atoms with Crippen molar-refractivity contribution < 1.29 is 18.1 Å². The van der Waals surface area contributed by atoms with Gasteiger partial charge in [0, 0.05) is 5.92 Å². The van der Waals surface area contributed by atoms with Crippen molar-refractivity contribution in [2.45, 2.75) is 33.3 Å². The predicted molar refractivity (Wildman–Crippen MR) is 108 cm³/mol. The van der Waals surface area contributed by atoms with Crippen molar-refractivity contribution in [3.05, 3.63) is 84.0 Å². The fourth-order valence-electron chi connectivity index (χ4n) is 2.69. The highest BCUT2D eigenvalue weighted by Gasteiger charge is 2.42. The van der Waals surface area contributed by atoms with Crippen LogP contribution in [0.5, 0.6) is 11.5 Å². The molecular weight excluding hydrogens is 359 g/mol. The summed E-state index contributed by atoms with van der Waals surface area (Å²) in [6.45, 7) is 7.83. The molecule has 1 aliphatic rings. The maximum atomic E-state index is 13.6. The van der Waals surface area contributed by atoms with Crippen molar-refractivity contribution >= 4 is 7.82 Å². The zero-order valence-corrected chi connectivity index (χ0v) is 17.0. The highest BCUT2D eigenvalue weighted by molar-refractivity contribution is 7.49. The molecular formula is C22H25O4P. The lowest BCUT2D eigenvalue weighted by atomic mass is 9.87. The fraction of sp³-hybridized carbons (Fsp3) is 0.273. The van der Waals surface area contributed by atoms with Gasteiger partial charge in [-0.15, -0.1) is 0 Å². The molecule has 0 N–H and O–H groups in total. The Balaban J connectivity index is 1.90. The SMILES string of the molecule is Cc1ccc(OP(=O)(Oc2ccc(C)cc2)OC2(C)C=CC=CC2C)cc1. The van der Waals surface area contributed by atoms with Crippen molar-refractivity contribution in [1.82, 2.24) is 0 Å². The van der Waals surface area contributed by atoms with Crippen LogP contribution in [0.4, 0.5) is 0 Å². The lowest BCUT2D eigenvalue weighted by Gasteiger charge is -2.34. The second-order valence-electron chi connectivity index (χ2n) is 7.06. The summed E-state index contributed by atoms with van der Waals surface area (Å²) in [5.41, 5.74) is 1.36.